The maximum atomic E-state index is 12.5. The van der Waals surface area contributed by atoms with Gasteiger partial charge in [0.25, 0.3) is 0 Å². The number of piperidine rings is 1. The van der Waals surface area contributed by atoms with Crippen molar-refractivity contribution in [2.24, 2.45) is 5.92 Å². The van der Waals surface area contributed by atoms with Crippen LogP contribution in [0.4, 0.5) is 5.82 Å². The second-order valence-corrected chi connectivity index (χ2v) is 5.75. The highest BCUT2D eigenvalue weighted by atomic mass is 16.5. The highest BCUT2D eigenvalue weighted by Gasteiger charge is 2.31. The minimum Gasteiger partial charge on any atom is -0.480 e. The Hall–Kier alpha value is -1.85. The summed E-state index contributed by atoms with van der Waals surface area (Å²) in [4.78, 5) is 16.7. The number of rotatable bonds is 3. The fourth-order valence-corrected chi connectivity index (χ4v) is 3.17. The van der Waals surface area contributed by atoms with E-state index in [0.29, 0.717) is 11.8 Å². The van der Waals surface area contributed by atoms with Crippen LogP contribution in [0.15, 0.2) is 12.1 Å². The Morgan fingerprint density at radius 3 is 2.67 bits per heavy atom. The molecule has 1 aromatic heterocycles. The molecule has 0 N–H and O–H groups in total. The Bertz CT molecular complexity index is 485. The zero-order valence-corrected chi connectivity index (χ0v) is 12.5. The van der Waals surface area contributed by atoms with Crippen LogP contribution in [0.2, 0.25) is 0 Å². The molecule has 3 rings (SSSR count). The van der Waals surface area contributed by atoms with E-state index in [1.165, 1.54) is 0 Å². The molecule has 21 heavy (non-hydrogen) atoms. The quantitative estimate of drug-likeness (QED) is 0.840. The summed E-state index contributed by atoms with van der Waals surface area (Å²) < 4.78 is 5.03. The Kier molecular flexibility index (Phi) is 4.22. The zero-order valence-electron chi connectivity index (χ0n) is 12.5. The smallest absolute Gasteiger partial charge is 0.233 e. The normalized spacial score (nSPS) is 22.4. The van der Waals surface area contributed by atoms with E-state index in [9.17, 15) is 4.79 Å². The highest BCUT2D eigenvalue weighted by Crippen LogP contribution is 2.24. The molecule has 6 heteroatoms. The lowest BCUT2D eigenvalue weighted by Crippen LogP contribution is -2.44. The molecule has 6 nitrogen and oxygen atoms in total. The second-order valence-electron chi connectivity index (χ2n) is 5.75. The molecule has 0 saturated carbocycles. The number of ether oxygens (including phenoxy) is 1. The van der Waals surface area contributed by atoms with Crippen LogP contribution in [-0.2, 0) is 4.79 Å². The number of hydrogen-bond acceptors (Lipinski definition) is 5. The van der Waals surface area contributed by atoms with Crippen LogP contribution in [0.5, 0.6) is 5.88 Å². The van der Waals surface area contributed by atoms with Crippen LogP contribution >= 0.6 is 0 Å². The fourth-order valence-electron chi connectivity index (χ4n) is 3.17. The third-order valence-corrected chi connectivity index (χ3v) is 4.35. The van der Waals surface area contributed by atoms with E-state index in [1.54, 1.807) is 7.11 Å². The van der Waals surface area contributed by atoms with Gasteiger partial charge < -0.3 is 14.5 Å². The van der Waals surface area contributed by atoms with Crippen molar-refractivity contribution in [2.45, 2.75) is 25.7 Å². The summed E-state index contributed by atoms with van der Waals surface area (Å²) >= 11 is 0. The molecule has 1 atom stereocenters. The van der Waals surface area contributed by atoms with Gasteiger partial charge in [-0.3, -0.25) is 4.79 Å². The first-order valence-electron chi connectivity index (χ1n) is 7.69. The number of likely N-dealkylation sites (tertiary alicyclic amines) is 1. The maximum Gasteiger partial charge on any atom is 0.233 e. The van der Waals surface area contributed by atoms with E-state index in [-0.39, 0.29) is 5.92 Å². The Balaban J connectivity index is 1.65. The van der Waals surface area contributed by atoms with E-state index in [1.807, 2.05) is 17.0 Å². The Morgan fingerprint density at radius 1 is 1.19 bits per heavy atom. The van der Waals surface area contributed by atoms with Crippen molar-refractivity contribution in [3.8, 4) is 5.88 Å². The molecule has 1 aromatic rings. The molecule has 2 aliphatic heterocycles. The van der Waals surface area contributed by atoms with Gasteiger partial charge in [0.05, 0.1) is 13.0 Å². The summed E-state index contributed by atoms with van der Waals surface area (Å²) in [5.41, 5.74) is 0. The lowest BCUT2D eigenvalue weighted by Gasteiger charge is -2.34. The van der Waals surface area contributed by atoms with Crippen LogP contribution in [0.3, 0.4) is 0 Å². The lowest BCUT2D eigenvalue weighted by molar-refractivity contribution is -0.134. The summed E-state index contributed by atoms with van der Waals surface area (Å²) in [7, 11) is 1.58. The molecular weight excluding hydrogens is 268 g/mol. The largest absolute Gasteiger partial charge is 0.480 e. The van der Waals surface area contributed by atoms with Crippen LogP contribution < -0.4 is 9.64 Å². The van der Waals surface area contributed by atoms with Crippen molar-refractivity contribution in [1.82, 2.24) is 15.1 Å². The minimum atomic E-state index is 0.0979. The van der Waals surface area contributed by atoms with Gasteiger partial charge in [-0.15, -0.1) is 10.2 Å². The predicted molar refractivity (Wildman–Crippen MR) is 79.3 cm³/mol. The lowest BCUT2D eigenvalue weighted by atomic mass is 9.96. The fraction of sp³-hybridized carbons (Fsp3) is 0.667. The van der Waals surface area contributed by atoms with Gasteiger partial charge in [-0.1, -0.05) is 0 Å². The van der Waals surface area contributed by atoms with Crippen LogP contribution in [0, 0.1) is 5.92 Å². The van der Waals surface area contributed by atoms with Gasteiger partial charge >= 0.3 is 0 Å². The summed E-state index contributed by atoms with van der Waals surface area (Å²) in [6.45, 7) is 3.54. The van der Waals surface area contributed by atoms with E-state index in [2.05, 4.69) is 15.1 Å². The number of anilines is 1. The summed E-state index contributed by atoms with van der Waals surface area (Å²) in [6.07, 6.45) is 4.30. The predicted octanol–water partition coefficient (Wildman–Crippen LogP) is 1.32. The first kappa shape index (κ1) is 14.1. The molecule has 0 aromatic carbocycles. The third-order valence-electron chi connectivity index (χ3n) is 4.35. The summed E-state index contributed by atoms with van der Waals surface area (Å²) in [5, 5.41) is 8.20. The zero-order chi connectivity index (χ0) is 14.7. The number of nitrogens with zero attached hydrogens (tertiary/aromatic N) is 4. The summed E-state index contributed by atoms with van der Waals surface area (Å²) in [6, 6.07) is 3.72. The number of aromatic nitrogens is 2. The van der Waals surface area contributed by atoms with Crippen molar-refractivity contribution in [1.29, 1.82) is 0 Å². The first-order chi connectivity index (χ1) is 10.3. The Morgan fingerprint density at radius 2 is 2.00 bits per heavy atom. The van der Waals surface area contributed by atoms with Gasteiger partial charge in [0, 0.05) is 32.2 Å². The average molecular weight is 290 g/mol. The second kappa shape index (κ2) is 6.28. The van der Waals surface area contributed by atoms with Gasteiger partial charge in [-0.05, 0) is 31.7 Å². The molecule has 0 aliphatic carbocycles. The summed E-state index contributed by atoms with van der Waals surface area (Å²) in [5.74, 6) is 1.76. The van der Waals surface area contributed by atoms with Crippen molar-refractivity contribution < 1.29 is 9.53 Å². The molecule has 0 radical (unpaired) electrons. The SMILES string of the molecule is COc1ccc(N2CCC[C@@H](C(=O)N3CCCC3)C2)nn1. The van der Waals surface area contributed by atoms with Gasteiger partial charge in [-0.25, -0.2) is 0 Å². The van der Waals surface area contributed by atoms with Gasteiger partial charge in [0.2, 0.25) is 11.8 Å². The maximum absolute atomic E-state index is 12.5. The Labute approximate surface area is 125 Å². The molecule has 2 aliphatic rings. The average Bonchev–Trinajstić information content (AvgIpc) is 3.09. The molecule has 0 unspecified atom stereocenters. The molecule has 2 saturated heterocycles. The number of hydrogen-bond donors (Lipinski definition) is 0. The number of carbonyl (C=O) groups excluding carboxylic acids is 1. The monoisotopic (exact) mass is 290 g/mol. The minimum absolute atomic E-state index is 0.0979. The van der Waals surface area contributed by atoms with Gasteiger partial charge in [0.15, 0.2) is 5.82 Å². The molecule has 114 valence electrons. The van der Waals surface area contributed by atoms with E-state index >= 15 is 0 Å². The van der Waals surface area contributed by atoms with Crippen molar-refractivity contribution in [3.05, 3.63) is 12.1 Å². The molecule has 3 heterocycles. The van der Waals surface area contributed by atoms with Crippen molar-refractivity contribution in [2.75, 3.05) is 38.2 Å². The van der Waals surface area contributed by atoms with E-state index < -0.39 is 0 Å². The van der Waals surface area contributed by atoms with Crippen LogP contribution in [0.25, 0.3) is 0 Å². The highest BCUT2D eigenvalue weighted by molar-refractivity contribution is 5.80. The molecule has 1 amide bonds. The number of methoxy groups -OCH3 is 1. The van der Waals surface area contributed by atoms with Crippen molar-refractivity contribution >= 4 is 11.7 Å². The topological polar surface area (TPSA) is 58.6 Å². The van der Waals surface area contributed by atoms with E-state index in [4.69, 9.17) is 4.74 Å². The standard InChI is InChI=1S/C15H22N4O2/c1-21-14-7-6-13(16-17-14)19-10-4-5-12(11-19)15(20)18-8-2-3-9-18/h6-7,12H,2-5,8-11H2,1H3/t12-/m1/s1. The molecule has 2 fully saturated rings. The van der Waals surface area contributed by atoms with E-state index in [0.717, 1.165) is 57.7 Å². The first-order valence-corrected chi connectivity index (χ1v) is 7.69. The number of carbonyl (C=O) groups is 1. The van der Waals surface area contributed by atoms with Crippen LogP contribution in [0.1, 0.15) is 25.7 Å². The molecule has 0 bridgehead atoms. The third kappa shape index (κ3) is 3.09. The molecular formula is C15H22N4O2. The molecule has 0 spiro atoms. The van der Waals surface area contributed by atoms with Gasteiger partial charge in [0.1, 0.15) is 0 Å². The number of amides is 1. The van der Waals surface area contributed by atoms with Crippen LogP contribution in [-0.4, -0.2) is 54.3 Å². The van der Waals surface area contributed by atoms with Crippen molar-refractivity contribution in [3.63, 3.8) is 0 Å². The van der Waals surface area contributed by atoms with Gasteiger partial charge in [-0.2, -0.15) is 0 Å².